The minimum Gasteiger partial charge on any atom is -0.394 e. The van der Waals surface area contributed by atoms with E-state index in [1.165, 1.54) is 19.1 Å². The van der Waals surface area contributed by atoms with Crippen molar-refractivity contribution in [3.63, 3.8) is 0 Å². The first-order valence-electron chi connectivity index (χ1n) is 4.52. The molecule has 88 valence electrons. The Morgan fingerprint density at radius 2 is 2.00 bits per heavy atom. The zero-order valence-corrected chi connectivity index (χ0v) is 8.79. The van der Waals surface area contributed by atoms with Gasteiger partial charge in [0.1, 0.15) is 19.5 Å². The number of hydrogen-bond donors (Lipinski definition) is 2. The van der Waals surface area contributed by atoms with Crippen LogP contribution in [0.25, 0.3) is 0 Å². The monoisotopic (exact) mass is 220 g/mol. The Balaban J connectivity index is 2.84. The molecule has 0 aromatic carbocycles. The Bertz CT molecular complexity index is 225. The number of carbonyl (C=O) groups is 1. The van der Waals surface area contributed by atoms with E-state index in [1.54, 1.807) is 0 Å². The van der Waals surface area contributed by atoms with Crippen molar-refractivity contribution in [3.05, 3.63) is 0 Å². The summed E-state index contributed by atoms with van der Waals surface area (Å²) >= 11 is 0. The Kier molecular flexibility index (Phi) is 4.28. The normalized spacial score (nSPS) is 26.5. The molecule has 1 heterocycles. The average molecular weight is 220 g/mol. The van der Waals surface area contributed by atoms with Gasteiger partial charge in [-0.25, -0.2) is 4.79 Å². The molecule has 7 nitrogen and oxygen atoms in total. The molecule has 1 aliphatic heterocycles. The predicted octanol–water partition coefficient (Wildman–Crippen LogP) is -1.39. The molecule has 1 aliphatic rings. The van der Waals surface area contributed by atoms with E-state index in [2.05, 4.69) is 0 Å². The van der Waals surface area contributed by atoms with Crippen LogP contribution in [0.1, 0.15) is 0 Å². The maximum atomic E-state index is 11.7. The summed E-state index contributed by atoms with van der Waals surface area (Å²) in [5.74, 6) is 0. The third-order valence-electron chi connectivity index (χ3n) is 2.38. The summed E-state index contributed by atoms with van der Waals surface area (Å²) in [7, 11) is 2.89. The molecule has 0 radical (unpaired) electrons. The first-order chi connectivity index (χ1) is 7.21. The van der Waals surface area contributed by atoms with Gasteiger partial charge in [-0.3, -0.25) is 9.80 Å². The fourth-order valence-electron chi connectivity index (χ4n) is 1.68. The Labute approximate surface area is 87.8 Å². The zero-order chi connectivity index (χ0) is 11.4. The van der Waals surface area contributed by atoms with E-state index in [-0.39, 0.29) is 13.3 Å². The van der Waals surface area contributed by atoms with Crippen LogP contribution < -0.4 is 0 Å². The number of amides is 2. The molecule has 0 aromatic heterocycles. The highest BCUT2D eigenvalue weighted by Gasteiger charge is 2.45. The first kappa shape index (κ1) is 12.2. The lowest BCUT2D eigenvalue weighted by atomic mass is 10.3. The maximum absolute atomic E-state index is 11.7. The SMILES string of the molecule is COCN1C(=O)N(CO)C(CO)C1OC. The van der Waals surface area contributed by atoms with E-state index in [0.29, 0.717) is 0 Å². The highest BCUT2D eigenvalue weighted by Crippen LogP contribution is 2.22. The van der Waals surface area contributed by atoms with E-state index >= 15 is 0 Å². The number of rotatable bonds is 5. The molecule has 1 rings (SSSR count). The largest absolute Gasteiger partial charge is 0.394 e. The second-order valence-corrected chi connectivity index (χ2v) is 3.16. The molecular formula is C8H16N2O5. The number of nitrogens with zero attached hydrogens (tertiary/aromatic N) is 2. The van der Waals surface area contributed by atoms with Crippen molar-refractivity contribution in [2.24, 2.45) is 0 Å². The van der Waals surface area contributed by atoms with E-state index in [9.17, 15) is 4.79 Å². The van der Waals surface area contributed by atoms with E-state index in [1.807, 2.05) is 0 Å². The number of urea groups is 1. The molecule has 0 spiro atoms. The molecule has 2 unspecified atom stereocenters. The van der Waals surface area contributed by atoms with Gasteiger partial charge in [0.05, 0.1) is 6.61 Å². The molecule has 15 heavy (non-hydrogen) atoms. The number of hydrogen-bond acceptors (Lipinski definition) is 5. The average Bonchev–Trinajstić information content (AvgIpc) is 2.51. The predicted molar refractivity (Wildman–Crippen MR) is 49.7 cm³/mol. The Hall–Kier alpha value is -0.890. The minimum atomic E-state index is -0.602. The van der Waals surface area contributed by atoms with Crippen molar-refractivity contribution >= 4 is 6.03 Å². The quantitative estimate of drug-likeness (QED) is 0.596. The smallest absolute Gasteiger partial charge is 0.326 e. The summed E-state index contributed by atoms with van der Waals surface area (Å²) in [6.07, 6.45) is -0.602. The van der Waals surface area contributed by atoms with Crippen LogP contribution in [0.2, 0.25) is 0 Å². The van der Waals surface area contributed by atoms with Crippen molar-refractivity contribution in [1.82, 2.24) is 9.80 Å². The second kappa shape index (κ2) is 5.26. The van der Waals surface area contributed by atoms with Gasteiger partial charge in [0.25, 0.3) is 0 Å². The fourth-order valence-corrected chi connectivity index (χ4v) is 1.68. The van der Waals surface area contributed by atoms with Gasteiger partial charge >= 0.3 is 6.03 Å². The topological polar surface area (TPSA) is 82.5 Å². The van der Waals surface area contributed by atoms with Crippen molar-refractivity contribution < 1.29 is 24.5 Å². The summed E-state index contributed by atoms with van der Waals surface area (Å²) in [5, 5.41) is 18.1. The lowest BCUT2D eigenvalue weighted by Gasteiger charge is -2.23. The molecule has 0 aliphatic carbocycles. The number of ether oxygens (including phenoxy) is 2. The molecule has 7 heteroatoms. The lowest BCUT2D eigenvalue weighted by Crippen LogP contribution is -2.42. The van der Waals surface area contributed by atoms with E-state index in [4.69, 9.17) is 19.7 Å². The number of aliphatic hydroxyl groups excluding tert-OH is 2. The summed E-state index contributed by atoms with van der Waals surface area (Å²) in [4.78, 5) is 14.1. The van der Waals surface area contributed by atoms with Crippen LogP contribution in [-0.4, -0.2) is 72.6 Å². The van der Waals surface area contributed by atoms with Crippen LogP contribution in [0.3, 0.4) is 0 Å². The van der Waals surface area contributed by atoms with Gasteiger partial charge in [-0.15, -0.1) is 0 Å². The number of carbonyl (C=O) groups excluding carboxylic acids is 1. The summed E-state index contributed by atoms with van der Waals surface area (Å²) in [5.41, 5.74) is 0. The van der Waals surface area contributed by atoms with Gasteiger partial charge in [0.15, 0.2) is 6.23 Å². The van der Waals surface area contributed by atoms with E-state index < -0.39 is 25.0 Å². The minimum absolute atomic E-state index is 0.0599. The van der Waals surface area contributed by atoms with E-state index in [0.717, 1.165) is 4.90 Å². The van der Waals surface area contributed by atoms with Crippen LogP contribution in [0.5, 0.6) is 0 Å². The van der Waals surface area contributed by atoms with Gasteiger partial charge in [-0.1, -0.05) is 0 Å². The van der Waals surface area contributed by atoms with Crippen molar-refractivity contribution in [1.29, 1.82) is 0 Å². The van der Waals surface area contributed by atoms with Crippen molar-refractivity contribution in [2.75, 3.05) is 34.3 Å². The third-order valence-corrected chi connectivity index (χ3v) is 2.38. The first-order valence-corrected chi connectivity index (χ1v) is 4.52. The van der Waals surface area contributed by atoms with Gasteiger partial charge in [-0.05, 0) is 0 Å². The van der Waals surface area contributed by atoms with Crippen LogP contribution in [-0.2, 0) is 9.47 Å². The van der Waals surface area contributed by atoms with Gasteiger partial charge in [0, 0.05) is 14.2 Å². The molecule has 1 saturated heterocycles. The Morgan fingerprint density at radius 1 is 1.33 bits per heavy atom. The van der Waals surface area contributed by atoms with Gasteiger partial charge in [0.2, 0.25) is 0 Å². The van der Waals surface area contributed by atoms with Gasteiger partial charge < -0.3 is 19.7 Å². The summed E-state index contributed by atoms with van der Waals surface area (Å²) in [6, 6.07) is -0.979. The number of aliphatic hydroxyl groups is 2. The lowest BCUT2D eigenvalue weighted by molar-refractivity contribution is -0.0604. The zero-order valence-electron chi connectivity index (χ0n) is 8.79. The highest BCUT2D eigenvalue weighted by molar-refractivity contribution is 5.77. The summed E-state index contributed by atoms with van der Waals surface area (Å²) in [6.45, 7) is -0.667. The highest BCUT2D eigenvalue weighted by atomic mass is 16.5. The standard InChI is InChI=1S/C8H16N2O5/c1-14-5-10-7(15-2)6(3-11)9(4-12)8(10)13/h6-7,11-12H,3-5H2,1-2H3. The molecule has 2 atom stereocenters. The fraction of sp³-hybridized carbons (Fsp3) is 0.875. The van der Waals surface area contributed by atoms with Gasteiger partial charge in [-0.2, -0.15) is 0 Å². The molecule has 0 aromatic rings. The third kappa shape index (κ3) is 2.05. The molecule has 2 N–H and O–H groups in total. The van der Waals surface area contributed by atoms with Crippen LogP contribution in [0, 0.1) is 0 Å². The molecule has 2 amide bonds. The van der Waals surface area contributed by atoms with Crippen LogP contribution in [0.4, 0.5) is 4.79 Å². The van der Waals surface area contributed by atoms with Crippen LogP contribution in [0.15, 0.2) is 0 Å². The van der Waals surface area contributed by atoms with Crippen molar-refractivity contribution in [3.8, 4) is 0 Å². The molecule has 1 fully saturated rings. The maximum Gasteiger partial charge on any atom is 0.326 e. The number of methoxy groups -OCH3 is 2. The molecule has 0 bridgehead atoms. The summed E-state index contributed by atoms with van der Waals surface area (Å²) < 4.78 is 9.94. The molecular weight excluding hydrogens is 204 g/mol. The molecule has 0 saturated carbocycles. The van der Waals surface area contributed by atoms with Crippen LogP contribution >= 0.6 is 0 Å². The van der Waals surface area contributed by atoms with Crippen molar-refractivity contribution in [2.45, 2.75) is 12.3 Å². The second-order valence-electron chi connectivity index (χ2n) is 3.16. The Morgan fingerprint density at radius 3 is 2.40 bits per heavy atom.